The molecule has 3 unspecified atom stereocenters. The Kier molecular flexibility index (Phi) is 10.6. The van der Waals surface area contributed by atoms with Gasteiger partial charge in [0.1, 0.15) is 0 Å². The van der Waals surface area contributed by atoms with Crippen molar-refractivity contribution < 1.29 is 0 Å². The van der Waals surface area contributed by atoms with Gasteiger partial charge in [-0.25, -0.2) is 0 Å². The molecule has 2 aliphatic heterocycles. The lowest BCUT2D eigenvalue weighted by molar-refractivity contribution is 0.618. The molecule has 55 heavy (non-hydrogen) atoms. The van der Waals surface area contributed by atoms with Crippen LogP contribution in [0.2, 0.25) is 0 Å². The molecule has 3 heteroatoms. The second-order valence-electron chi connectivity index (χ2n) is 15.4. The molecule has 8 rings (SSSR count). The summed E-state index contributed by atoms with van der Waals surface area (Å²) in [6.45, 7) is 11.8. The highest BCUT2D eigenvalue weighted by Crippen LogP contribution is 2.69. The van der Waals surface area contributed by atoms with Gasteiger partial charge in [-0.2, -0.15) is 10.0 Å². The summed E-state index contributed by atoms with van der Waals surface area (Å²) >= 11 is 0. The van der Waals surface area contributed by atoms with Gasteiger partial charge in [-0.3, -0.25) is 0 Å². The van der Waals surface area contributed by atoms with Crippen LogP contribution in [0.3, 0.4) is 0 Å². The zero-order valence-electron chi connectivity index (χ0n) is 33.0. The van der Waals surface area contributed by atoms with Crippen molar-refractivity contribution >= 4 is 44.9 Å². The molecule has 2 nitrogen and oxygen atoms in total. The maximum Gasteiger partial charge on any atom is 0.0490 e. The number of aryl methyl sites for hydroxylation is 1. The zero-order valence-corrected chi connectivity index (χ0v) is 33.8. The molecule has 0 fully saturated rings. The molecule has 6 aromatic rings. The third-order valence-electron chi connectivity index (χ3n) is 12.0. The van der Waals surface area contributed by atoms with E-state index in [9.17, 15) is 0 Å². The average molecular weight is 739 g/mol. The van der Waals surface area contributed by atoms with Gasteiger partial charge in [0.05, 0.1) is 0 Å². The van der Waals surface area contributed by atoms with Crippen LogP contribution in [0.4, 0.5) is 22.7 Å². The van der Waals surface area contributed by atoms with Gasteiger partial charge in [-0.05, 0) is 128 Å². The highest BCUT2D eigenvalue weighted by atomic mass is 32.3. The third-order valence-corrected chi connectivity index (χ3v) is 16.6. The van der Waals surface area contributed by atoms with Gasteiger partial charge >= 0.3 is 0 Å². The smallest absolute Gasteiger partial charge is 0.0490 e. The molecule has 278 valence electrons. The van der Waals surface area contributed by atoms with Crippen molar-refractivity contribution in [1.82, 2.24) is 0 Å². The maximum atomic E-state index is 2.59. The van der Waals surface area contributed by atoms with Crippen molar-refractivity contribution in [3.63, 3.8) is 0 Å². The van der Waals surface area contributed by atoms with Crippen LogP contribution in [-0.4, -0.2) is 17.3 Å². The van der Waals surface area contributed by atoms with Gasteiger partial charge in [0.15, 0.2) is 0 Å². The van der Waals surface area contributed by atoms with Crippen molar-refractivity contribution in [3.8, 4) is 0 Å². The van der Waals surface area contributed by atoms with E-state index in [1.54, 1.807) is 0 Å². The Morgan fingerprint density at radius 3 is 1.85 bits per heavy atom. The number of rotatable bonds is 10. The molecule has 0 aromatic heterocycles. The minimum Gasteiger partial charge on any atom is -0.338 e. The fourth-order valence-electron chi connectivity index (χ4n) is 9.20. The largest absolute Gasteiger partial charge is 0.338 e. The number of hydrogen-bond donors (Lipinski definition) is 0. The van der Waals surface area contributed by atoms with E-state index in [4.69, 9.17) is 0 Å². The second kappa shape index (κ2) is 15.8. The van der Waals surface area contributed by atoms with Crippen molar-refractivity contribution in [2.24, 2.45) is 0 Å². The van der Waals surface area contributed by atoms with E-state index in [1.165, 1.54) is 65.9 Å². The average Bonchev–Trinajstić information content (AvgIpc) is 3.56. The monoisotopic (exact) mass is 738 g/mol. The van der Waals surface area contributed by atoms with Gasteiger partial charge < -0.3 is 9.80 Å². The summed E-state index contributed by atoms with van der Waals surface area (Å²) < 4.78 is 0. The first-order valence-corrected chi connectivity index (χ1v) is 21.9. The quantitative estimate of drug-likeness (QED) is 0.138. The molecular weight excluding hydrogens is 685 g/mol. The molecule has 6 aromatic carbocycles. The molecule has 0 saturated heterocycles. The van der Waals surface area contributed by atoms with Gasteiger partial charge in [-0.1, -0.05) is 134 Å². The van der Waals surface area contributed by atoms with Crippen LogP contribution in [-0.2, 0) is 18.6 Å². The summed E-state index contributed by atoms with van der Waals surface area (Å²) in [5, 5.41) is 0.241. The molecular formula is C52H54N2S. The van der Waals surface area contributed by atoms with E-state index < -0.39 is 10.0 Å². The van der Waals surface area contributed by atoms with Gasteiger partial charge in [0.25, 0.3) is 0 Å². The summed E-state index contributed by atoms with van der Waals surface area (Å²) in [6, 6.07) is 57.7. The fraction of sp³-hybridized carbons (Fsp3) is 0.231. The Balaban J connectivity index is 1.29. The lowest BCUT2D eigenvalue weighted by Gasteiger charge is -2.47. The summed E-state index contributed by atoms with van der Waals surface area (Å²) in [4.78, 5) is 8.01. The Bertz CT molecular complexity index is 2280. The molecule has 3 atom stereocenters. The van der Waals surface area contributed by atoms with Crippen LogP contribution < -0.4 is 9.80 Å². The van der Waals surface area contributed by atoms with E-state index in [0.717, 1.165) is 25.0 Å². The number of nitrogens with zero attached hydrogens (tertiary/aromatic N) is 2. The lowest BCUT2D eigenvalue weighted by Crippen LogP contribution is -2.33. The summed E-state index contributed by atoms with van der Waals surface area (Å²) in [6.07, 6.45) is 10.4. The lowest BCUT2D eigenvalue weighted by atomic mass is 9.94. The number of anilines is 4. The molecule has 0 N–H and O–H groups in total. The van der Waals surface area contributed by atoms with Gasteiger partial charge in [-0.15, -0.1) is 0 Å². The van der Waals surface area contributed by atoms with Crippen molar-refractivity contribution in [3.05, 3.63) is 191 Å². The summed E-state index contributed by atoms with van der Waals surface area (Å²) in [7, 11) is -1.69. The molecule has 0 aliphatic carbocycles. The van der Waals surface area contributed by atoms with E-state index in [1.807, 2.05) is 0 Å². The Morgan fingerprint density at radius 1 is 0.636 bits per heavy atom. The normalized spacial score (nSPS) is 17.9. The van der Waals surface area contributed by atoms with Crippen molar-refractivity contribution in [2.45, 2.75) is 86.8 Å². The third kappa shape index (κ3) is 6.85. The number of hydrogen-bond acceptors (Lipinski definition) is 2. The standard InChI is InChI=1S/C52H54N2S/c1-6-20-48-45(24-19-32-52(48)54-40(4)36-44-23-15-18-31-51(44)54)37-55(46-25-9-7-10-26-46,47-27-11-8-12-28-47)41(5)38(2)35-43-22-14-17-30-50(43)53-39(3)33-34-42-21-13-16-29-49(42)53/h6-32,35,39-41H,33-34,36-37H2,1-5H3/b20-6-,38-35-. The Hall–Kier alpha value is -5.25. The maximum absolute atomic E-state index is 2.59. The van der Waals surface area contributed by atoms with Crippen LogP contribution >= 0.6 is 10.0 Å². The number of para-hydroxylation sites is 3. The number of benzene rings is 6. The molecule has 0 radical (unpaired) electrons. The molecule has 2 aliphatic rings. The predicted octanol–water partition coefficient (Wildman–Crippen LogP) is 14.2. The number of allylic oxidation sites excluding steroid dienone is 1. The first-order valence-electron chi connectivity index (χ1n) is 20.1. The Morgan fingerprint density at radius 2 is 1.18 bits per heavy atom. The first-order chi connectivity index (χ1) is 26.9. The van der Waals surface area contributed by atoms with Crippen LogP contribution in [0.25, 0.3) is 12.2 Å². The number of fused-ring (bicyclic) bond motifs is 2. The Labute approximate surface area is 331 Å². The van der Waals surface area contributed by atoms with Gasteiger partial charge in [0.2, 0.25) is 0 Å². The van der Waals surface area contributed by atoms with Crippen LogP contribution in [0, 0.1) is 0 Å². The summed E-state index contributed by atoms with van der Waals surface area (Å²) in [5.74, 6) is 0.933. The van der Waals surface area contributed by atoms with E-state index in [-0.39, 0.29) is 5.25 Å². The molecule has 0 spiro atoms. The van der Waals surface area contributed by atoms with Crippen LogP contribution in [0.15, 0.2) is 173 Å². The molecule has 0 bridgehead atoms. The van der Waals surface area contributed by atoms with E-state index in [2.05, 4.69) is 214 Å². The molecule has 2 heterocycles. The van der Waals surface area contributed by atoms with Crippen LogP contribution in [0.5, 0.6) is 0 Å². The van der Waals surface area contributed by atoms with Crippen LogP contribution in [0.1, 0.15) is 68.9 Å². The molecule has 0 saturated carbocycles. The van der Waals surface area contributed by atoms with Crippen molar-refractivity contribution in [1.29, 1.82) is 0 Å². The second-order valence-corrected chi connectivity index (χ2v) is 19.0. The minimum absolute atomic E-state index is 0.241. The highest BCUT2D eigenvalue weighted by molar-refractivity contribution is 8.33. The van der Waals surface area contributed by atoms with Gasteiger partial charge in [0, 0.05) is 51.4 Å². The highest BCUT2D eigenvalue weighted by Gasteiger charge is 2.37. The first kappa shape index (κ1) is 36.7. The predicted molar refractivity (Wildman–Crippen MR) is 240 cm³/mol. The SMILES string of the molecule is C/C=C\c1c(CS(c2ccccc2)(c2ccccc2)C(C)/C(C)=C\c2ccccc2N2c3ccccc3CCC2C)cccc1N1c2ccccc2CC1C. The fourth-order valence-corrected chi connectivity index (χ4v) is 13.6. The zero-order chi connectivity index (χ0) is 37.9. The minimum atomic E-state index is -1.69. The summed E-state index contributed by atoms with van der Waals surface area (Å²) in [5.41, 5.74) is 13.5. The molecule has 0 amide bonds. The van der Waals surface area contributed by atoms with E-state index in [0.29, 0.717) is 12.1 Å². The van der Waals surface area contributed by atoms with Crippen molar-refractivity contribution in [2.75, 3.05) is 9.80 Å². The topological polar surface area (TPSA) is 6.48 Å². The van der Waals surface area contributed by atoms with E-state index >= 15 is 0 Å².